The van der Waals surface area contributed by atoms with Gasteiger partial charge in [0.2, 0.25) is 0 Å². The molecular weight excluding hydrogens is 1010 g/mol. The molecule has 0 fully saturated rings. The van der Waals surface area contributed by atoms with E-state index in [0.717, 1.165) is 84.0 Å². The summed E-state index contributed by atoms with van der Waals surface area (Å²) >= 11 is 0. The zero-order valence-electron chi connectivity index (χ0n) is 47.5. The molecule has 0 aliphatic carbocycles. The van der Waals surface area contributed by atoms with E-state index in [4.69, 9.17) is 37.0 Å². The van der Waals surface area contributed by atoms with Crippen LogP contribution in [0.2, 0.25) is 0 Å². The molecule has 0 heterocycles. The van der Waals surface area contributed by atoms with Crippen molar-refractivity contribution in [3.8, 4) is 0 Å². The summed E-state index contributed by atoms with van der Waals surface area (Å²) in [4.78, 5) is 70.0. The Morgan fingerprint density at radius 1 is 0.347 bits per heavy atom. The van der Waals surface area contributed by atoms with Gasteiger partial charge in [-0.15, -0.1) is 0 Å². The molecule has 0 aromatic rings. The normalized spacial score (nSPS) is 14.4. The lowest BCUT2D eigenvalue weighted by molar-refractivity contribution is -0.161. The topological polar surface area (TPSA) is 237 Å². The van der Waals surface area contributed by atoms with Crippen LogP contribution in [0.3, 0.4) is 0 Å². The SMILES string of the molecule is CCCCCCCCCCCCCCCCCC(=O)OC[C@H](COP(=O)(O)OC[C@@H](O)COP(=O)(O)OC[C@@H](COC(C)=O)OC(=O)CCCCCCCC)OC(=O)CCCCCCCCCCCCCCCCC. The van der Waals surface area contributed by atoms with Gasteiger partial charge in [0.1, 0.15) is 19.3 Å². The first kappa shape index (κ1) is 73.1. The van der Waals surface area contributed by atoms with Gasteiger partial charge in [0.05, 0.1) is 26.4 Å². The summed E-state index contributed by atoms with van der Waals surface area (Å²) in [5.74, 6) is -2.34. The van der Waals surface area contributed by atoms with Crippen molar-refractivity contribution in [3.63, 3.8) is 0 Å². The minimum atomic E-state index is -4.93. The van der Waals surface area contributed by atoms with Gasteiger partial charge in [0.15, 0.2) is 12.2 Å². The number of carbonyl (C=O) groups is 4. The van der Waals surface area contributed by atoms with E-state index in [1.54, 1.807) is 0 Å². The fourth-order valence-corrected chi connectivity index (χ4v) is 9.94. The van der Waals surface area contributed by atoms with Crippen LogP contribution in [-0.4, -0.2) is 96.7 Å². The molecule has 0 bridgehead atoms. The standard InChI is InChI=1S/C56H108O17P2/c1-5-8-11-14-17-19-21-23-25-27-29-31-33-36-38-41-54(59)67-47-53(73-56(61)43-40-37-34-32-30-28-26-24-22-20-18-15-12-9-6-2)49-71-75(64,65)69-45-51(58)44-68-74(62,63)70-48-52(46-66-50(4)57)72-55(60)42-39-35-16-13-10-7-3/h51-53,58H,5-49H2,1-4H3,(H,62,63)(H,64,65)/t51-,52+,53+/m0/s1. The molecule has 2 unspecified atom stereocenters. The van der Waals surface area contributed by atoms with Crippen LogP contribution in [0.4, 0.5) is 0 Å². The molecule has 0 rings (SSSR count). The monoisotopic (exact) mass is 1110 g/mol. The van der Waals surface area contributed by atoms with Gasteiger partial charge in [0.25, 0.3) is 0 Å². The molecule has 0 aromatic carbocycles. The molecule has 0 aromatic heterocycles. The summed E-state index contributed by atoms with van der Waals surface area (Å²) in [7, 11) is -9.82. The van der Waals surface area contributed by atoms with Gasteiger partial charge in [-0.2, -0.15) is 0 Å². The number of carbonyl (C=O) groups excluding carboxylic acids is 4. The first-order chi connectivity index (χ1) is 36.1. The first-order valence-corrected chi connectivity index (χ1v) is 32.7. The van der Waals surface area contributed by atoms with Gasteiger partial charge >= 0.3 is 39.5 Å². The molecule has 0 radical (unpaired) electrons. The van der Waals surface area contributed by atoms with E-state index in [9.17, 15) is 43.2 Å². The van der Waals surface area contributed by atoms with Crippen molar-refractivity contribution in [1.29, 1.82) is 0 Å². The number of esters is 4. The van der Waals surface area contributed by atoms with E-state index in [0.29, 0.717) is 19.3 Å². The Balaban J connectivity index is 4.95. The molecule has 0 spiro atoms. The summed E-state index contributed by atoms with van der Waals surface area (Å²) in [5.41, 5.74) is 0. The van der Waals surface area contributed by atoms with Crippen LogP contribution < -0.4 is 0 Å². The average molecular weight is 1120 g/mol. The second-order valence-electron chi connectivity index (χ2n) is 20.4. The van der Waals surface area contributed by atoms with Crippen molar-refractivity contribution in [2.75, 3.05) is 39.6 Å². The average Bonchev–Trinajstić information content (AvgIpc) is 3.37. The van der Waals surface area contributed by atoms with Crippen LogP contribution >= 0.6 is 15.6 Å². The van der Waals surface area contributed by atoms with Crippen LogP contribution in [-0.2, 0) is 65.4 Å². The first-order valence-electron chi connectivity index (χ1n) is 29.7. The maximum atomic E-state index is 12.9. The van der Waals surface area contributed by atoms with Crippen LogP contribution in [0.15, 0.2) is 0 Å². The predicted molar refractivity (Wildman–Crippen MR) is 294 cm³/mol. The van der Waals surface area contributed by atoms with Gasteiger partial charge in [-0.25, -0.2) is 9.13 Å². The third-order valence-electron chi connectivity index (χ3n) is 12.9. The zero-order valence-corrected chi connectivity index (χ0v) is 49.3. The molecule has 17 nitrogen and oxygen atoms in total. The molecule has 0 amide bonds. The minimum Gasteiger partial charge on any atom is -0.462 e. The van der Waals surface area contributed by atoms with Crippen molar-refractivity contribution in [3.05, 3.63) is 0 Å². The molecule has 3 N–H and O–H groups in total. The highest BCUT2D eigenvalue weighted by Gasteiger charge is 2.30. The summed E-state index contributed by atoms with van der Waals surface area (Å²) < 4.78 is 66.3. The number of phosphoric acid groups is 2. The molecule has 444 valence electrons. The number of aliphatic hydroxyl groups is 1. The largest absolute Gasteiger partial charge is 0.472 e. The van der Waals surface area contributed by atoms with Gasteiger partial charge in [-0.1, -0.05) is 233 Å². The van der Waals surface area contributed by atoms with Crippen molar-refractivity contribution in [2.45, 2.75) is 296 Å². The molecular formula is C56H108O17P2. The number of hydrogen-bond acceptors (Lipinski definition) is 15. The number of ether oxygens (including phenoxy) is 4. The lowest BCUT2D eigenvalue weighted by Gasteiger charge is -2.21. The fourth-order valence-electron chi connectivity index (χ4n) is 8.36. The number of phosphoric ester groups is 2. The van der Waals surface area contributed by atoms with Gasteiger partial charge in [0, 0.05) is 26.2 Å². The fraction of sp³-hybridized carbons (Fsp3) is 0.929. The summed E-state index contributed by atoms with van der Waals surface area (Å²) in [5, 5.41) is 10.4. The smallest absolute Gasteiger partial charge is 0.462 e. The second kappa shape index (κ2) is 51.5. The second-order valence-corrected chi connectivity index (χ2v) is 23.3. The quantitative estimate of drug-likeness (QED) is 0.0222. The predicted octanol–water partition coefficient (Wildman–Crippen LogP) is 14.8. The Morgan fingerprint density at radius 3 is 0.867 bits per heavy atom. The maximum absolute atomic E-state index is 12.9. The van der Waals surface area contributed by atoms with Crippen LogP contribution in [0, 0.1) is 0 Å². The summed E-state index contributed by atoms with van der Waals surface area (Å²) in [6.07, 6.45) is 37.5. The van der Waals surface area contributed by atoms with Crippen molar-refractivity contribution >= 4 is 39.5 Å². The summed E-state index contributed by atoms with van der Waals surface area (Å²) in [6, 6.07) is 0. The number of rotatable bonds is 57. The summed E-state index contributed by atoms with van der Waals surface area (Å²) in [6.45, 7) is 3.73. The van der Waals surface area contributed by atoms with E-state index in [1.165, 1.54) is 135 Å². The van der Waals surface area contributed by atoms with Gasteiger partial charge in [-0.05, 0) is 19.3 Å². The van der Waals surface area contributed by atoms with Crippen molar-refractivity contribution < 1.29 is 80.2 Å². The van der Waals surface area contributed by atoms with Gasteiger partial charge < -0.3 is 33.8 Å². The molecule has 0 aliphatic rings. The Morgan fingerprint density at radius 2 is 0.587 bits per heavy atom. The van der Waals surface area contributed by atoms with E-state index in [2.05, 4.69) is 20.8 Å². The Hall–Kier alpha value is -1.94. The third-order valence-corrected chi connectivity index (χ3v) is 14.8. The highest BCUT2D eigenvalue weighted by Crippen LogP contribution is 2.45. The highest BCUT2D eigenvalue weighted by atomic mass is 31.2. The molecule has 75 heavy (non-hydrogen) atoms. The molecule has 0 aliphatic heterocycles. The third kappa shape index (κ3) is 52.5. The molecule has 0 saturated carbocycles. The number of unbranched alkanes of at least 4 members (excludes halogenated alkanes) is 33. The lowest BCUT2D eigenvalue weighted by atomic mass is 10.0. The van der Waals surface area contributed by atoms with E-state index < -0.39 is 97.5 Å². The Bertz CT molecular complexity index is 1470. The molecule has 19 heteroatoms. The molecule has 0 saturated heterocycles. The minimum absolute atomic E-state index is 0.0963. The van der Waals surface area contributed by atoms with Crippen LogP contribution in [0.25, 0.3) is 0 Å². The van der Waals surface area contributed by atoms with Crippen LogP contribution in [0.1, 0.15) is 278 Å². The highest BCUT2D eigenvalue weighted by molar-refractivity contribution is 7.47. The van der Waals surface area contributed by atoms with E-state index in [-0.39, 0.29) is 19.3 Å². The number of hydrogen-bond donors (Lipinski definition) is 3. The molecule has 5 atom stereocenters. The van der Waals surface area contributed by atoms with E-state index in [1.807, 2.05) is 0 Å². The van der Waals surface area contributed by atoms with Crippen molar-refractivity contribution in [2.24, 2.45) is 0 Å². The Labute approximate surface area is 454 Å². The van der Waals surface area contributed by atoms with Crippen LogP contribution in [0.5, 0.6) is 0 Å². The maximum Gasteiger partial charge on any atom is 0.472 e. The van der Waals surface area contributed by atoms with Gasteiger partial charge in [-0.3, -0.25) is 37.3 Å². The van der Waals surface area contributed by atoms with E-state index >= 15 is 0 Å². The van der Waals surface area contributed by atoms with Crippen molar-refractivity contribution in [1.82, 2.24) is 0 Å². The Kier molecular flexibility index (Phi) is 50.2. The number of aliphatic hydroxyl groups excluding tert-OH is 1. The zero-order chi connectivity index (χ0) is 55.5. The lowest BCUT2D eigenvalue weighted by Crippen LogP contribution is -2.30.